The molecule has 1 atom stereocenters. The number of aryl methyl sites for hydroxylation is 3. The number of sulfone groups is 1. The molecule has 2 aliphatic heterocycles. The Morgan fingerprint density at radius 2 is 1.76 bits per heavy atom. The van der Waals surface area contributed by atoms with Gasteiger partial charge in [0.15, 0.2) is 16.4 Å². The highest BCUT2D eigenvalue weighted by Gasteiger charge is 2.32. The topological polar surface area (TPSA) is 96.0 Å². The van der Waals surface area contributed by atoms with Gasteiger partial charge in [0.1, 0.15) is 5.75 Å². The van der Waals surface area contributed by atoms with E-state index in [0.29, 0.717) is 43.2 Å². The second-order valence-corrected chi connectivity index (χ2v) is 11.5. The molecule has 0 bridgehead atoms. The lowest BCUT2D eigenvalue weighted by molar-refractivity contribution is -0.131. The number of carbonyl (C=O) groups excluding carboxylic acids is 2. The lowest BCUT2D eigenvalue weighted by Crippen LogP contribution is -2.49. The van der Waals surface area contributed by atoms with E-state index in [1.54, 1.807) is 24.8 Å². The van der Waals surface area contributed by atoms with Crippen LogP contribution >= 0.6 is 0 Å². The summed E-state index contributed by atoms with van der Waals surface area (Å²) in [6, 6.07) is 9.41. The molecule has 1 saturated heterocycles. The number of rotatable bonds is 5. The van der Waals surface area contributed by atoms with Crippen molar-refractivity contribution in [1.29, 1.82) is 0 Å². The molecule has 9 heteroatoms. The Bertz CT molecular complexity index is 1230. The van der Waals surface area contributed by atoms with Gasteiger partial charge in [-0.05, 0) is 51.0 Å². The first-order chi connectivity index (χ1) is 16.1. The van der Waals surface area contributed by atoms with Crippen LogP contribution in [0.3, 0.4) is 0 Å². The summed E-state index contributed by atoms with van der Waals surface area (Å²) >= 11 is 0. The van der Waals surface area contributed by atoms with Gasteiger partial charge in [0, 0.05) is 44.4 Å². The van der Waals surface area contributed by atoms with Crippen molar-refractivity contribution >= 4 is 33.0 Å². The number of nitrogens with one attached hydrogen (secondary N) is 1. The number of anilines is 2. The molecular formula is C25H31N3O5S. The summed E-state index contributed by atoms with van der Waals surface area (Å²) in [6.45, 7) is 9.79. The summed E-state index contributed by atoms with van der Waals surface area (Å²) < 4.78 is 32.0. The molecule has 0 aliphatic carbocycles. The maximum absolute atomic E-state index is 13.3. The van der Waals surface area contributed by atoms with Crippen LogP contribution in [0.5, 0.6) is 5.75 Å². The molecule has 1 fully saturated rings. The van der Waals surface area contributed by atoms with E-state index >= 15 is 0 Å². The molecule has 0 spiro atoms. The molecule has 0 radical (unpaired) electrons. The zero-order valence-electron chi connectivity index (χ0n) is 20.1. The number of fused-ring (bicyclic) bond motifs is 1. The monoisotopic (exact) mass is 485 g/mol. The maximum atomic E-state index is 13.3. The van der Waals surface area contributed by atoms with Crippen molar-refractivity contribution < 1.29 is 22.7 Å². The lowest BCUT2D eigenvalue weighted by Gasteiger charge is -2.37. The fraction of sp³-hybridized carbons (Fsp3) is 0.440. The van der Waals surface area contributed by atoms with Crippen LogP contribution in [0, 0.1) is 20.8 Å². The molecule has 2 aromatic rings. The van der Waals surface area contributed by atoms with Crippen molar-refractivity contribution in [2.45, 2.75) is 44.3 Å². The Hall–Kier alpha value is -3.07. The van der Waals surface area contributed by atoms with Gasteiger partial charge in [0.05, 0.1) is 15.8 Å². The first kappa shape index (κ1) is 24.1. The summed E-state index contributed by atoms with van der Waals surface area (Å²) in [6.07, 6.45) is -0.0833. The first-order valence-corrected chi connectivity index (χ1v) is 13.0. The number of amides is 2. The standard InChI is InChI=1S/C25H31N3O5S/c1-16-5-6-21(17(2)11-16)27-7-9-28(10-8-27)25(30)13-19(4)34(31,32)23-14-22-20(12-18(23)3)26-24(29)15-33-22/h5-6,11-12,14,19H,7-10,13,15H2,1-4H3,(H,26,29)/t19-/m1/s1. The largest absolute Gasteiger partial charge is 0.482 e. The Morgan fingerprint density at radius 1 is 1.06 bits per heavy atom. The zero-order chi connectivity index (χ0) is 24.6. The van der Waals surface area contributed by atoms with Crippen molar-refractivity contribution in [2.24, 2.45) is 0 Å². The van der Waals surface area contributed by atoms with E-state index in [4.69, 9.17) is 4.74 Å². The summed E-state index contributed by atoms with van der Waals surface area (Å²) in [5.41, 5.74) is 4.57. The third kappa shape index (κ3) is 4.75. The van der Waals surface area contributed by atoms with Crippen LogP contribution in [0.1, 0.15) is 30.0 Å². The highest BCUT2D eigenvalue weighted by molar-refractivity contribution is 7.92. The van der Waals surface area contributed by atoms with Gasteiger partial charge in [0.2, 0.25) is 5.91 Å². The molecule has 8 nitrogen and oxygen atoms in total. The van der Waals surface area contributed by atoms with Crippen LogP contribution in [0.15, 0.2) is 35.2 Å². The smallest absolute Gasteiger partial charge is 0.262 e. The zero-order valence-corrected chi connectivity index (χ0v) is 20.9. The molecule has 0 aromatic heterocycles. The molecule has 0 unspecified atom stereocenters. The number of piperazine rings is 1. The highest BCUT2D eigenvalue weighted by Crippen LogP contribution is 2.34. The molecule has 4 rings (SSSR count). The van der Waals surface area contributed by atoms with Gasteiger partial charge < -0.3 is 19.9 Å². The van der Waals surface area contributed by atoms with Gasteiger partial charge >= 0.3 is 0 Å². The van der Waals surface area contributed by atoms with Crippen LogP contribution in [0.25, 0.3) is 0 Å². The van der Waals surface area contributed by atoms with Crippen LogP contribution in [0.2, 0.25) is 0 Å². The van der Waals surface area contributed by atoms with Crippen molar-refractivity contribution in [1.82, 2.24) is 4.90 Å². The van der Waals surface area contributed by atoms with Crippen LogP contribution in [-0.2, 0) is 19.4 Å². The lowest BCUT2D eigenvalue weighted by atomic mass is 10.1. The predicted molar refractivity (Wildman–Crippen MR) is 131 cm³/mol. The van der Waals surface area contributed by atoms with Gasteiger partial charge in [-0.25, -0.2) is 8.42 Å². The highest BCUT2D eigenvalue weighted by atomic mass is 32.2. The minimum atomic E-state index is -3.76. The van der Waals surface area contributed by atoms with Gasteiger partial charge in [-0.2, -0.15) is 0 Å². The van der Waals surface area contributed by atoms with Crippen LogP contribution < -0.4 is 15.0 Å². The van der Waals surface area contributed by atoms with E-state index in [9.17, 15) is 18.0 Å². The van der Waals surface area contributed by atoms with Crippen LogP contribution in [-0.4, -0.2) is 63.2 Å². The molecule has 2 aromatic carbocycles. The fourth-order valence-corrected chi connectivity index (χ4v) is 6.16. The second kappa shape index (κ2) is 9.29. The molecule has 34 heavy (non-hydrogen) atoms. The Balaban J connectivity index is 1.41. The molecule has 2 heterocycles. The molecule has 2 aliphatic rings. The Kier molecular flexibility index (Phi) is 6.58. The average molecular weight is 486 g/mol. The minimum Gasteiger partial charge on any atom is -0.482 e. The number of carbonyl (C=O) groups is 2. The van der Waals surface area contributed by atoms with E-state index in [0.717, 1.165) is 0 Å². The van der Waals surface area contributed by atoms with E-state index in [1.807, 2.05) is 0 Å². The summed E-state index contributed by atoms with van der Waals surface area (Å²) in [5.74, 6) is -0.112. The number of hydrogen-bond donors (Lipinski definition) is 1. The van der Waals surface area contributed by atoms with Crippen molar-refractivity contribution in [2.75, 3.05) is 43.0 Å². The SMILES string of the molecule is Cc1ccc(N2CCN(C(=O)C[C@@H](C)S(=O)(=O)c3cc4c(cc3C)NC(=O)CO4)CC2)c(C)c1. The summed E-state index contributed by atoms with van der Waals surface area (Å²) in [7, 11) is -3.76. The predicted octanol–water partition coefficient (Wildman–Crippen LogP) is 2.84. The quantitative estimate of drug-likeness (QED) is 0.700. The van der Waals surface area contributed by atoms with E-state index < -0.39 is 15.1 Å². The molecule has 1 N–H and O–H groups in total. The Labute approximate surface area is 200 Å². The van der Waals surface area contributed by atoms with E-state index in [2.05, 4.69) is 42.3 Å². The van der Waals surface area contributed by atoms with Crippen molar-refractivity contribution in [3.05, 3.63) is 47.0 Å². The third-order valence-corrected chi connectivity index (χ3v) is 8.81. The van der Waals surface area contributed by atoms with Gasteiger partial charge in [-0.15, -0.1) is 0 Å². The van der Waals surface area contributed by atoms with E-state index in [1.165, 1.54) is 22.9 Å². The van der Waals surface area contributed by atoms with Crippen LogP contribution in [0.4, 0.5) is 11.4 Å². The normalized spacial score (nSPS) is 17.0. The Morgan fingerprint density at radius 3 is 2.44 bits per heavy atom. The van der Waals surface area contributed by atoms with Crippen molar-refractivity contribution in [3.8, 4) is 5.75 Å². The summed E-state index contributed by atoms with van der Waals surface area (Å²) in [4.78, 5) is 28.6. The van der Waals surface area contributed by atoms with Crippen molar-refractivity contribution in [3.63, 3.8) is 0 Å². The minimum absolute atomic E-state index is 0.0833. The summed E-state index contributed by atoms with van der Waals surface area (Å²) in [5, 5.41) is 1.80. The number of hydrogen-bond acceptors (Lipinski definition) is 6. The average Bonchev–Trinajstić information content (AvgIpc) is 2.78. The molecule has 2 amide bonds. The molecule has 0 saturated carbocycles. The second-order valence-electron chi connectivity index (χ2n) is 9.17. The number of ether oxygens (including phenoxy) is 1. The molecular weight excluding hydrogens is 454 g/mol. The maximum Gasteiger partial charge on any atom is 0.262 e. The van der Waals surface area contributed by atoms with Gasteiger partial charge in [0.25, 0.3) is 5.91 Å². The number of nitrogens with zero attached hydrogens (tertiary/aromatic N) is 2. The first-order valence-electron chi connectivity index (χ1n) is 11.5. The third-order valence-electron chi connectivity index (χ3n) is 6.53. The van der Waals surface area contributed by atoms with E-state index in [-0.39, 0.29) is 29.7 Å². The van der Waals surface area contributed by atoms with Gasteiger partial charge in [-0.1, -0.05) is 17.7 Å². The molecule has 182 valence electrons. The number of benzene rings is 2. The van der Waals surface area contributed by atoms with Gasteiger partial charge in [-0.3, -0.25) is 9.59 Å². The fourth-order valence-electron chi connectivity index (χ4n) is 4.58.